The van der Waals surface area contributed by atoms with Gasteiger partial charge >= 0.3 is 5.97 Å². The molecule has 0 aliphatic heterocycles. The van der Waals surface area contributed by atoms with Gasteiger partial charge in [0.2, 0.25) is 5.16 Å². The second-order valence-corrected chi connectivity index (χ2v) is 7.20. The molecule has 0 bridgehead atoms. The van der Waals surface area contributed by atoms with E-state index in [4.69, 9.17) is 5.11 Å². The van der Waals surface area contributed by atoms with Gasteiger partial charge in [0.25, 0.3) is 0 Å². The van der Waals surface area contributed by atoms with Crippen LogP contribution in [0.25, 0.3) is 11.4 Å². The molecule has 2 aromatic rings. The van der Waals surface area contributed by atoms with E-state index in [9.17, 15) is 4.79 Å². The zero-order chi connectivity index (χ0) is 15.6. The molecular weight excluding hydrogens is 286 g/mol. The number of hydrogen-bond donors (Lipinski definition) is 2. The molecule has 0 aliphatic carbocycles. The Balaban J connectivity index is 2.16. The van der Waals surface area contributed by atoms with Crippen LogP contribution in [-0.4, -0.2) is 31.5 Å². The molecule has 1 atom stereocenters. The summed E-state index contributed by atoms with van der Waals surface area (Å²) in [6, 6.07) is 8.14. The zero-order valence-electron chi connectivity index (χ0n) is 12.5. The third-order valence-corrected chi connectivity index (χ3v) is 4.07. The molecule has 0 saturated carbocycles. The average Bonchev–Trinajstić information content (AvgIpc) is 2.86. The van der Waals surface area contributed by atoms with Gasteiger partial charge in [-0.3, -0.25) is 9.89 Å². The molecule has 112 valence electrons. The second-order valence-electron chi connectivity index (χ2n) is 5.89. The summed E-state index contributed by atoms with van der Waals surface area (Å²) in [4.78, 5) is 15.2. The maximum absolute atomic E-state index is 10.8. The van der Waals surface area contributed by atoms with Crippen LogP contribution in [0.15, 0.2) is 29.4 Å². The average molecular weight is 305 g/mol. The molecule has 0 unspecified atom stereocenters. The van der Waals surface area contributed by atoms with Gasteiger partial charge in [-0.1, -0.05) is 56.8 Å². The van der Waals surface area contributed by atoms with E-state index >= 15 is 0 Å². The Morgan fingerprint density at radius 1 is 1.29 bits per heavy atom. The summed E-state index contributed by atoms with van der Waals surface area (Å²) < 4.78 is 0. The number of hydrogen-bond acceptors (Lipinski definition) is 4. The Morgan fingerprint density at radius 3 is 2.43 bits per heavy atom. The molecule has 2 N–H and O–H groups in total. The van der Waals surface area contributed by atoms with Crippen molar-refractivity contribution in [3.63, 3.8) is 0 Å². The van der Waals surface area contributed by atoms with Crippen LogP contribution in [0.4, 0.5) is 0 Å². The van der Waals surface area contributed by atoms with Gasteiger partial charge in [0.1, 0.15) is 5.25 Å². The summed E-state index contributed by atoms with van der Waals surface area (Å²) in [6.07, 6.45) is 0. The number of carboxylic acid groups (broad SMARTS) is 1. The number of nitrogens with one attached hydrogen (secondary N) is 1. The van der Waals surface area contributed by atoms with E-state index in [-0.39, 0.29) is 5.41 Å². The smallest absolute Gasteiger partial charge is 0.316 e. The van der Waals surface area contributed by atoms with Crippen LogP contribution in [0, 0.1) is 0 Å². The van der Waals surface area contributed by atoms with Crippen LogP contribution >= 0.6 is 11.8 Å². The highest BCUT2D eigenvalue weighted by Crippen LogP contribution is 2.26. The van der Waals surface area contributed by atoms with E-state index in [1.54, 1.807) is 6.92 Å². The molecule has 0 radical (unpaired) electrons. The van der Waals surface area contributed by atoms with Crippen molar-refractivity contribution in [2.24, 2.45) is 0 Å². The van der Waals surface area contributed by atoms with Crippen molar-refractivity contribution in [1.82, 2.24) is 15.2 Å². The summed E-state index contributed by atoms with van der Waals surface area (Å²) in [7, 11) is 0. The van der Waals surface area contributed by atoms with Crippen molar-refractivity contribution in [2.75, 3.05) is 0 Å². The van der Waals surface area contributed by atoms with Gasteiger partial charge in [0.05, 0.1) is 0 Å². The lowest BCUT2D eigenvalue weighted by atomic mass is 9.87. The minimum atomic E-state index is -0.874. The maximum atomic E-state index is 10.8. The summed E-state index contributed by atoms with van der Waals surface area (Å²) in [5.41, 5.74) is 2.29. The molecule has 21 heavy (non-hydrogen) atoms. The van der Waals surface area contributed by atoms with Crippen molar-refractivity contribution in [1.29, 1.82) is 0 Å². The molecule has 6 heteroatoms. The topological polar surface area (TPSA) is 78.9 Å². The first-order valence-electron chi connectivity index (χ1n) is 6.70. The van der Waals surface area contributed by atoms with Crippen LogP contribution in [0.1, 0.15) is 33.3 Å². The SMILES string of the molecule is C[C@H](Sc1n[nH]c(-c2ccc(C(C)(C)C)cc2)n1)C(=O)O. The lowest BCUT2D eigenvalue weighted by Crippen LogP contribution is -2.11. The first-order valence-corrected chi connectivity index (χ1v) is 7.58. The number of benzene rings is 1. The van der Waals surface area contributed by atoms with Gasteiger partial charge < -0.3 is 5.11 Å². The molecular formula is C15H19N3O2S. The predicted molar refractivity (Wildman–Crippen MR) is 83.5 cm³/mol. The fourth-order valence-electron chi connectivity index (χ4n) is 1.76. The summed E-state index contributed by atoms with van der Waals surface area (Å²) in [5.74, 6) is -0.226. The number of nitrogens with zero attached hydrogens (tertiary/aromatic N) is 2. The Kier molecular flexibility index (Phi) is 4.37. The fraction of sp³-hybridized carbons (Fsp3) is 0.400. The van der Waals surface area contributed by atoms with E-state index in [2.05, 4.69) is 48.1 Å². The van der Waals surface area contributed by atoms with Gasteiger partial charge in [0.15, 0.2) is 5.82 Å². The molecule has 0 aliphatic rings. The number of H-pyrrole nitrogens is 1. The van der Waals surface area contributed by atoms with E-state index in [0.29, 0.717) is 11.0 Å². The number of aromatic amines is 1. The van der Waals surface area contributed by atoms with Gasteiger partial charge in [-0.05, 0) is 17.9 Å². The van der Waals surface area contributed by atoms with Crippen molar-refractivity contribution in [3.8, 4) is 11.4 Å². The van der Waals surface area contributed by atoms with E-state index in [0.717, 1.165) is 17.3 Å². The molecule has 0 spiro atoms. The first kappa shape index (κ1) is 15.6. The van der Waals surface area contributed by atoms with Crippen molar-refractivity contribution < 1.29 is 9.90 Å². The lowest BCUT2D eigenvalue weighted by Gasteiger charge is -2.18. The van der Waals surface area contributed by atoms with Gasteiger partial charge in [-0.25, -0.2) is 4.98 Å². The highest BCUT2D eigenvalue weighted by atomic mass is 32.2. The molecule has 1 heterocycles. The first-order chi connectivity index (χ1) is 9.77. The predicted octanol–water partition coefficient (Wildman–Crippen LogP) is 3.33. The number of aliphatic carboxylic acids is 1. The van der Waals surface area contributed by atoms with Gasteiger partial charge in [-0.15, -0.1) is 5.10 Å². The van der Waals surface area contributed by atoms with Crippen LogP contribution in [0.3, 0.4) is 0 Å². The standard InChI is InChI=1S/C15H19N3O2S/c1-9(13(19)20)21-14-16-12(17-18-14)10-5-7-11(8-6-10)15(2,3)4/h5-9H,1-4H3,(H,19,20)(H,16,17,18)/t9-/m0/s1. The molecule has 1 aromatic heterocycles. The van der Waals surface area contributed by atoms with Gasteiger partial charge in [-0.2, -0.15) is 0 Å². The maximum Gasteiger partial charge on any atom is 0.316 e. The molecule has 0 amide bonds. The quantitative estimate of drug-likeness (QED) is 0.847. The molecule has 2 rings (SSSR count). The number of rotatable bonds is 4. The fourth-order valence-corrected chi connectivity index (χ4v) is 2.42. The molecule has 0 fully saturated rings. The van der Waals surface area contributed by atoms with Crippen molar-refractivity contribution >= 4 is 17.7 Å². The third-order valence-electron chi connectivity index (χ3n) is 3.12. The second kappa shape index (κ2) is 5.89. The highest BCUT2D eigenvalue weighted by molar-refractivity contribution is 8.00. The summed E-state index contributed by atoms with van der Waals surface area (Å²) >= 11 is 1.12. The van der Waals surface area contributed by atoms with E-state index in [1.807, 2.05) is 12.1 Å². The molecule has 5 nitrogen and oxygen atoms in total. The minimum Gasteiger partial charge on any atom is -0.480 e. The van der Waals surface area contributed by atoms with E-state index in [1.165, 1.54) is 5.56 Å². The number of thioether (sulfide) groups is 1. The summed E-state index contributed by atoms with van der Waals surface area (Å²) in [6.45, 7) is 8.11. The Labute approximate surface area is 128 Å². The summed E-state index contributed by atoms with van der Waals surface area (Å²) in [5, 5.41) is 15.7. The Morgan fingerprint density at radius 2 is 1.90 bits per heavy atom. The molecule has 0 saturated heterocycles. The lowest BCUT2D eigenvalue weighted by molar-refractivity contribution is -0.136. The monoisotopic (exact) mass is 305 g/mol. The Bertz CT molecular complexity index is 629. The number of aromatic nitrogens is 3. The van der Waals surface area contributed by atoms with E-state index < -0.39 is 11.2 Å². The van der Waals surface area contributed by atoms with Gasteiger partial charge in [0, 0.05) is 5.56 Å². The largest absolute Gasteiger partial charge is 0.480 e. The van der Waals surface area contributed by atoms with Crippen molar-refractivity contribution in [3.05, 3.63) is 29.8 Å². The van der Waals surface area contributed by atoms with Crippen LogP contribution < -0.4 is 0 Å². The number of carbonyl (C=O) groups is 1. The van der Waals surface area contributed by atoms with Crippen LogP contribution in [0.2, 0.25) is 0 Å². The highest BCUT2D eigenvalue weighted by Gasteiger charge is 2.17. The normalized spacial score (nSPS) is 13.1. The number of carboxylic acids is 1. The Hall–Kier alpha value is -1.82. The van der Waals surface area contributed by atoms with Crippen LogP contribution in [0.5, 0.6) is 0 Å². The van der Waals surface area contributed by atoms with Crippen molar-refractivity contribution in [2.45, 2.75) is 43.5 Å². The third kappa shape index (κ3) is 3.85. The molecule has 1 aromatic carbocycles. The van der Waals surface area contributed by atoms with Crippen LogP contribution in [-0.2, 0) is 10.2 Å². The zero-order valence-corrected chi connectivity index (χ0v) is 13.4. The minimum absolute atomic E-state index is 0.109.